The molecular weight excluding hydrogens is 322 g/mol. The Balaban J connectivity index is 2.75. The number of ether oxygens (including phenoxy) is 2. The molecule has 1 aromatic rings. The molecule has 0 aromatic heterocycles. The van der Waals surface area contributed by atoms with E-state index in [1.165, 1.54) is 0 Å². The predicted molar refractivity (Wildman–Crippen MR) is 84.5 cm³/mol. The molecule has 0 aliphatic heterocycles. The summed E-state index contributed by atoms with van der Waals surface area (Å²) in [7, 11) is 1.63. The average molecular weight is 346 g/mol. The molecule has 114 valence electrons. The lowest BCUT2D eigenvalue weighted by molar-refractivity contribution is 0.0555. The Kier molecular flexibility index (Phi) is 6.79. The lowest BCUT2D eigenvalue weighted by Crippen LogP contribution is -2.36. The SMILES string of the molecule is CCOc1c(Br)cc(CNCC(C)(O)CC)cc1OC. The first-order chi connectivity index (χ1) is 9.43. The van der Waals surface area contributed by atoms with Crippen LogP contribution in [-0.2, 0) is 6.54 Å². The zero-order valence-corrected chi connectivity index (χ0v) is 14.2. The Morgan fingerprint density at radius 1 is 1.35 bits per heavy atom. The van der Waals surface area contributed by atoms with Gasteiger partial charge in [0.1, 0.15) is 0 Å². The van der Waals surface area contributed by atoms with Crippen LogP contribution >= 0.6 is 15.9 Å². The molecule has 0 aliphatic carbocycles. The second kappa shape index (κ2) is 7.86. The van der Waals surface area contributed by atoms with Crippen molar-refractivity contribution >= 4 is 15.9 Å². The molecule has 20 heavy (non-hydrogen) atoms. The van der Waals surface area contributed by atoms with Gasteiger partial charge < -0.3 is 19.9 Å². The second-order valence-electron chi connectivity index (χ2n) is 5.00. The van der Waals surface area contributed by atoms with Crippen LogP contribution in [0.5, 0.6) is 11.5 Å². The van der Waals surface area contributed by atoms with Crippen molar-refractivity contribution in [3.63, 3.8) is 0 Å². The number of hydrogen-bond donors (Lipinski definition) is 2. The van der Waals surface area contributed by atoms with Crippen LogP contribution in [0.4, 0.5) is 0 Å². The summed E-state index contributed by atoms with van der Waals surface area (Å²) in [6, 6.07) is 3.95. The number of benzene rings is 1. The van der Waals surface area contributed by atoms with E-state index in [0.717, 1.165) is 22.2 Å². The van der Waals surface area contributed by atoms with Crippen LogP contribution < -0.4 is 14.8 Å². The number of aliphatic hydroxyl groups is 1. The van der Waals surface area contributed by atoms with Gasteiger partial charge in [-0.15, -0.1) is 0 Å². The largest absolute Gasteiger partial charge is 0.493 e. The molecule has 0 fully saturated rings. The van der Waals surface area contributed by atoms with Gasteiger partial charge in [0.2, 0.25) is 0 Å². The highest BCUT2D eigenvalue weighted by Crippen LogP contribution is 2.36. The van der Waals surface area contributed by atoms with Crippen LogP contribution in [0.25, 0.3) is 0 Å². The normalized spacial score (nSPS) is 13.9. The Morgan fingerprint density at radius 3 is 2.60 bits per heavy atom. The van der Waals surface area contributed by atoms with Crippen molar-refractivity contribution in [2.45, 2.75) is 39.3 Å². The molecule has 0 heterocycles. The first-order valence-electron chi connectivity index (χ1n) is 6.85. The summed E-state index contributed by atoms with van der Waals surface area (Å²) in [6.07, 6.45) is 0.719. The van der Waals surface area contributed by atoms with Gasteiger partial charge in [-0.2, -0.15) is 0 Å². The van der Waals surface area contributed by atoms with Gasteiger partial charge >= 0.3 is 0 Å². The van der Waals surface area contributed by atoms with Gasteiger partial charge in [0.15, 0.2) is 11.5 Å². The summed E-state index contributed by atoms with van der Waals surface area (Å²) in [4.78, 5) is 0. The Morgan fingerprint density at radius 2 is 2.05 bits per heavy atom. The first-order valence-corrected chi connectivity index (χ1v) is 7.65. The molecule has 1 atom stereocenters. The first kappa shape index (κ1) is 17.3. The number of nitrogens with one attached hydrogen (secondary N) is 1. The monoisotopic (exact) mass is 345 g/mol. The maximum Gasteiger partial charge on any atom is 0.175 e. The maximum atomic E-state index is 9.95. The van der Waals surface area contributed by atoms with Gasteiger partial charge in [0.25, 0.3) is 0 Å². The molecule has 2 N–H and O–H groups in total. The molecule has 0 radical (unpaired) electrons. The summed E-state index contributed by atoms with van der Waals surface area (Å²) in [5.41, 5.74) is 0.399. The fourth-order valence-corrected chi connectivity index (χ4v) is 2.36. The molecule has 0 amide bonds. The van der Waals surface area contributed by atoms with E-state index >= 15 is 0 Å². The van der Waals surface area contributed by atoms with E-state index in [4.69, 9.17) is 9.47 Å². The van der Waals surface area contributed by atoms with Gasteiger partial charge in [-0.1, -0.05) is 6.92 Å². The lowest BCUT2D eigenvalue weighted by atomic mass is 10.0. The Hall–Kier alpha value is -0.780. The smallest absolute Gasteiger partial charge is 0.175 e. The molecule has 4 nitrogen and oxygen atoms in total. The zero-order valence-electron chi connectivity index (χ0n) is 12.6. The minimum absolute atomic E-state index is 0.552. The third-order valence-electron chi connectivity index (χ3n) is 3.17. The highest BCUT2D eigenvalue weighted by atomic mass is 79.9. The van der Waals surface area contributed by atoms with Crippen LogP contribution in [-0.4, -0.2) is 31.0 Å². The number of hydrogen-bond acceptors (Lipinski definition) is 4. The molecule has 5 heteroatoms. The van der Waals surface area contributed by atoms with Crippen molar-refractivity contribution in [3.8, 4) is 11.5 Å². The molecule has 1 rings (SSSR count). The molecule has 0 saturated carbocycles. The number of halogens is 1. The number of methoxy groups -OCH3 is 1. The van der Waals surface area contributed by atoms with Crippen molar-refractivity contribution < 1.29 is 14.6 Å². The third kappa shape index (κ3) is 4.96. The Labute approximate surface area is 129 Å². The van der Waals surface area contributed by atoms with Crippen LogP contribution in [0, 0.1) is 0 Å². The molecule has 1 aromatic carbocycles. The minimum atomic E-state index is -0.674. The second-order valence-corrected chi connectivity index (χ2v) is 5.85. The predicted octanol–water partition coefficient (Wildman–Crippen LogP) is 3.11. The van der Waals surface area contributed by atoms with E-state index in [-0.39, 0.29) is 0 Å². The molecule has 1 unspecified atom stereocenters. The molecule has 0 bridgehead atoms. The third-order valence-corrected chi connectivity index (χ3v) is 3.76. The van der Waals surface area contributed by atoms with E-state index in [9.17, 15) is 5.11 Å². The standard InChI is InChI=1S/C15H24BrNO3/c1-5-15(3,18)10-17-9-11-7-12(16)14(20-6-2)13(8-11)19-4/h7-8,17-18H,5-6,9-10H2,1-4H3. The van der Waals surface area contributed by atoms with Crippen molar-refractivity contribution in [1.29, 1.82) is 0 Å². The van der Waals surface area contributed by atoms with Gasteiger partial charge in [-0.3, -0.25) is 0 Å². The summed E-state index contributed by atoms with van der Waals surface area (Å²) in [5.74, 6) is 1.43. The summed E-state index contributed by atoms with van der Waals surface area (Å²) in [6.45, 7) is 7.54. The van der Waals surface area contributed by atoms with Crippen molar-refractivity contribution in [1.82, 2.24) is 5.32 Å². The van der Waals surface area contributed by atoms with Crippen molar-refractivity contribution in [2.75, 3.05) is 20.3 Å². The topological polar surface area (TPSA) is 50.7 Å². The van der Waals surface area contributed by atoms with E-state index in [0.29, 0.717) is 25.4 Å². The fraction of sp³-hybridized carbons (Fsp3) is 0.600. The zero-order chi connectivity index (χ0) is 15.2. The summed E-state index contributed by atoms with van der Waals surface area (Å²) < 4.78 is 11.8. The minimum Gasteiger partial charge on any atom is -0.493 e. The van der Waals surface area contributed by atoms with Crippen LogP contribution in [0.15, 0.2) is 16.6 Å². The van der Waals surface area contributed by atoms with Crippen molar-refractivity contribution in [2.24, 2.45) is 0 Å². The van der Waals surface area contributed by atoms with E-state index in [2.05, 4.69) is 21.2 Å². The molecule has 0 aliphatic rings. The van der Waals surface area contributed by atoms with E-state index in [1.54, 1.807) is 7.11 Å². The van der Waals surface area contributed by atoms with Crippen molar-refractivity contribution in [3.05, 3.63) is 22.2 Å². The Bertz CT molecular complexity index is 435. The fourth-order valence-electron chi connectivity index (χ4n) is 1.76. The molecule has 0 spiro atoms. The van der Waals surface area contributed by atoms with Gasteiger partial charge in [-0.25, -0.2) is 0 Å². The highest BCUT2D eigenvalue weighted by molar-refractivity contribution is 9.10. The summed E-state index contributed by atoms with van der Waals surface area (Å²) in [5, 5.41) is 13.2. The van der Waals surface area contributed by atoms with Gasteiger partial charge in [0, 0.05) is 13.1 Å². The van der Waals surface area contributed by atoms with Crippen LogP contribution in [0.3, 0.4) is 0 Å². The lowest BCUT2D eigenvalue weighted by Gasteiger charge is -2.22. The molecule has 0 saturated heterocycles. The van der Waals surface area contributed by atoms with Gasteiger partial charge in [0.05, 0.1) is 23.8 Å². The highest BCUT2D eigenvalue weighted by Gasteiger charge is 2.17. The molecular formula is C15H24BrNO3. The van der Waals surface area contributed by atoms with Crippen LogP contribution in [0.1, 0.15) is 32.8 Å². The van der Waals surface area contributed by atoms with Gasteiger partial charge in [-0.05, 0) is 53.9 Å². The van der Waals surface area contributed by atoms with E-state index in [1.807, 2.05) is 32.9 Å². The van der Waals surface area contributed by atoms with Crippen LogP contribution in [0.2, 0.25) is 0 Å². The average Bonchev–Trinajstić information content (AvgIpc) is 2.41. The maximum absolute atomic E-state index is 9.95. The van der Waals surface area contributed by atoms with E-state index < -0.39 is 5.60 Å². The summed E-state index contributed by atoms with van der Waals surface area (Å²) >= 11 is 3.50. The quantitative estimate of drug-likeness (QED) is 0.760. The number of rotatable bonds is 8.